The number of imidazole rings is 1. The number of halogens is 4. The minimum absolute atomic E-state index is 0.127. The van der Waals surface area contributed by atoms with E-state index in [0.29, 0.717) is 11.3 Å². The van der Waals surface area contributed by atoms with Crippen LogP contribution in [0.15, 0.2) is 24.5 Å². The second-order valence-corrected chi connectivity index (χ2v) is 3.29. The predicted molar refractivity (Wildman–Crippen MR) is 49.8 cm³/mol. The molecule has 0 bridgehead atoms. The van der Waals surface area contributed by atoms with E-state index in [9.17, 15) is 13.2 Å². The summed E-state index contributed by atoms with van der Waals surface area (Å²) in [6.45, 7) is 0. The number of hydrogen-bond acceptors (Lipinski definition) is 1. The molecule has 0 radical (unpaired) electrons. The molecule has 0 aliphatic rings. The maximum absolute atomic E-state index is 12.4. The zero-order chi connectivity index (χ0) is 11.1. The molecular formula is C9H6ClF3N2. The van der Waals surface area contributed by atoms with E-state index in [-0.39, 0.29) is 5.88 Å². The van der Waals surface area contributed by atoms with Crippen LogP contribution in [0.25, 0.3) is 5.65 Å². The summed E-state index contributed by atoms with van der Waals surface area (Å²) in [7, 11) is 0. The maximum Gasteiger partial charge on any atom is 0.417 e. The number of alkyl halides is 4. The van der Waals surface area contributed by atoms with Crippen molar-refractivity contribution in [1.29, 1.82) is 0 Å². The molecule has 2 rings (SSSR count). The molecule has 80 valence electrons. The van der Waals surface area contributed by atoms with Crippen LogP contribution in [0, 0.1) is 0 Å². The van der Waals surface area contributed by atoms with Crippen molar-refractivity contribution in [1.82, 2.24) is 9.38 Å². The van der Waals surface area contributed by atoms with Gasteiger partial charge in [0.15, 0.2) is 0 Å². The Morgan fingerprint density at radius 3 is 2.67 bits per heavy atom. The summed E-state index contributed by atoms with van der Waals surface area (Å²) < 4.78 is 38.5. The highest BCUT2D eigenvalue weighted by Crippen LogP contribution is 2.29. The Morgan fingerprint density at radius 2 is 2.07 bits per heavy atom. The number of pyridine rings is 1. The van der Waals surface area contributed by atoms with E-state index < -0.39 is 11.7 Å². The van der Waals surface area contributed by atoms with Crippen LogP contribution in [0.1, 0.15) is 11.3 Å². The molecule has 0 saturated carbocycles. The van der Waals surface area contributed by atoms with E-state index in [1.807, 2.05) is 0 Å². The van der Waals surface area contributed by atoms with Gasteiger partial charge < -0.3 is 4.40 Å². The Bertz CT molecular complexity index is 490. The van der Waals surface area contributed by atoms with Crippen molar-refractivity contribution in [2.75, 3.05) is 0 Å². The minimum atomic E-state index is -4.35. The average molecular weight is 235 g/mol. The van der Waals surface area contributed by atoms with Gasteiger partial charge in [-0.25, -0.2) is 4.98 Å². The van der Waals surface area contributed by atoms with Crippen LogP contribution in [0.5, 0.6) is 0 Å². The molecule has 2 heterocycles. The van der Waals surface area contributed by atoms with Crippen molar-refractivity contribution in [3.8, 4) is 0 Å². The summed E-state index contributed by atoms with van der Waals surface area (Å²) >= 11 is 5.57. The van der Waals surface area contributed by atoms with E-state index in [4.69, 9.17) is 11.6 Å². The Labute approximate surface area is 88.3 Å². The minimum Gasteiger partial charge on any atom is -0.302 e. The SMILES string of the molecule is FC(F)(F)c1ccc2ncc(CCl)n2c1. The van der Waals surface area contributed by atoms with Crippen molar-refractivity contribution < 1.29 is 13.2 Å². The quantitative estimate of drug-likeness (QED) is 0.693. The summed E-state index contributed by atoms with van der Waals surface area (Å²) in [6.07, 6.45) is -1.88. The molecule has 0 aromatic carbocycles. The summed E-state index contributed by atoms with van der Waals surface area (Å²) in [4.78, 5) is 3.92. The molecule has 2 aromatic heterocycles. The van der Waals surface area contributed by atoms with Gasteiger partial charge in [0.25, 0.3) is 0 Å². The van der Waals surface area contributed by atoms with Crippen LogP contribution in [-0.4, -0.2) is 9.38 Å². The smallest absolute Gasteiger partial charge is 0.302 e. The molecule has 2 nitrogen and oxygen atoms in total. The Hall–Kier alpha value is -1.23. The average Bonchev–Trinajstić information content (AvgIpc) is 2.57. The molecule has 6 heteroatoms. The largest absolute Gasteiger partial charge is 0.417 e. The van der Waals surface area contributed by atoms with E-state index in [1.54, 1.807) is 0 Å². The molecule has 0 fully saturated rings. The van der Waals surface area contributed by atoms with Gasteiger partial charge in [-0.2, -0.15) is 13.2 Å². The van der Waals surface area contributed by atoms with Crippen LogP contribution in [-0.2, 0) is 12.1 Å². The number of aromatic nitrogens is 2. The lowest BCUT2D eigenvalue weighted by atomic mass is 10.3. The highest BCUT2D eigenvalue weighted by atomic mass is 35.5. The Balaban J connectivity index is 2.63. The maximum atomic E-state index is 12.4. The van der Waals surface area contributed by atoms with E-state index in [0.717, 1.165) is 12.3 Å². The van der Waals surface area contributed by atoms with Crippen molar-refractivity contribution in [3.63, 3.8) is 0 Å². The third kappa shape index (κ3) is 1.79. The van der Waals surface area contributed by atoms with Gasteiger partial charge in [0.1, 0.15) is 5.65 Å². The molecule has 0 aliphatic carbocycles. The number of fused-ring (bicyclic) bond motifs is 1. The first-order valence-corrected chi connectivity index (χ1v) is 4.65. The van der Waals surface area contributed by atoms with Crippen molar-refractivity contribution in [3.05, 3.63) is 35.8 Å². The third-order valence-electron chi connectivity index (χ3n) is 2.05. The molecule has 0 unspecified atom stereocenters. The highest BCUT2D eigenvalue weighted by Gasteiger charge is 2.30. The zero-order valence-electron chi connectivity index (χ0n) is 7.42. The molecule has 0 saturated heterocycles. The lowest BCUT2D eigenvalue weighted by Crippen LogP contribution is -2.06. The standard InChI is InChI=1S/C9H6ClF3N2/c10-3-7-4-14-8-2-1-6(5-15(7)8)9(11,12)13/h1-2,4-5H,3H2. The van der Waals surface area contributed by atoms with E-state index in [2.05, 4.69) is 4.98 Å². The monoisotopic (exact) mass is 234 g/mol. The van der Waals surface area contributed by atoms with E-state index >= 15 is 0 Å². The van der Waals surface area contributed by atoms with Crippen LogP contribution in [0.3, 0.4) is 0 Å². The summed E-state index contributed by atoms with van der Waals surface area (Å²) in [5.41, 5.74) is 0.288. The molecule has 0 N–H and O–H groups in total. The van der Waals surface area contributed by atoms with Crippen LogP contribution >= 0.6 is 11.6 Å². The molecular weight excluding hydrogens is 229 g/mol. The molecule has 0 spiro atoms. The highest BCUT2D eigenvalue weighted by molar-refractivity contribution is 6.16. The Morgan fingerprint density at radius 1 is 1.33 bits per heavy atom. The topological polar surface area (TPSA) is 17.3 Å². The molecule has 2 aromatic rings. The second kappa shape index (κ2) is 3.41. The first-order chi connectivity index (χ1) is 7.02. The van der Waals surface area contributed by atoms with Gasteiger partial charge in [-0.15, -0.1) is 11.6 Å². The third-order valence-corrected chi connectivity index (χ3v) is 2.32. The van der Waals surface area contributed by atoms with Gasteiger partial charge in [0, 0.05) is 6.20 Å². The zero-order valence-corrected chi connectivity index (χ0v) is 8.18. The summed E-state index contributed by atoms with van der Waals surface area (Å²) in [6, 6.07) is 2.32. The van der Waals surface area contributed by atoms with Gasteiger partial charge in [0.05, 0.1) is 23.3 Å². The van der Waals surface area contributed by atoms with Gasteiger partial charge in [-0.1, -0.05) is 0 Å². The molecule has 0 amide bonds. The molecule has 15 heavy (non-hydrogen) atoms. The van der Waals surface area contributed by atoms with Crippen LogP contribution in [0.2, 0.25) is 0 Å². The van der Waals surface area contributed by atoms with Gasteiger partial charge in [0.2, 0.25) is 0 Å². The fourth-order valence-electron chi connectivity index (χ4n) is 1.30. The number of rotatable bonds is 1. The van der Waals surface area contributed by atoms with Crippen molar-refractivity contribution >= 4 is 17.2 Å². The van der Waals surface area contributed by atoms with E-state index in [1.165, 1.54) is 16.7 Å². The fraction of sp³-hybridized carbons (Fsp3) is 0.222. The first kappa shape index (κ1) is 10.3. The lowest BCUT2D eigenvalue weighted by molar-refractivity contribution is -0.137. The van der Waals surface area contributed by atoms with Crippen LogP contribution in [0.4, 0.5) is 13.2 Å². The number of hydrogen-bond donors (Lipinski definition) is 0. The van der Waals surface area contributed by atoms with Gasteiger partial charge >= 0.3 is 6.18 Å². The Kier molecular flexibility index (Phi) is 2.34. The molecule has 0 atom stereocenters. The normalized spacial score (nSPS) is 12.3. The van der Waals surface area contributed by atoms with Crippen molar-refractivity contribution in [2.45, 2.75) is 12.1 Å². The van der Waals surface area contributed by atoms with Gasteiger partial charge in [-0.05, 0) is 12.1 Å². The first-order valence-electron chi connectivity index (χ1n) is 4.11. The van der Waals surface area contributed by atoms with Gasteiger partial charge in [-0.3, -0.25) is 0 Å². The number of nitrogens with zero attached hydrogens (tertiary/aromatic N) is 2. The van der Waals surface area contributed by atoms with Crippen molar-refractivity contribution in [2.24, 2.45) is 0 Å². The lowest BCUT2D eigenvalue weighted by Gasteiger charge is -2.07. The summed E-state index contributed by atoms with van der Waals surface area (Å²) in [5.74, 6) is 0.127. The molecule has 0 aliphatic heterocycles. The summed E-state index contributed by atoms with van der Waals surface area (Å²) in [5, 5.41) is 0. The fourth-order valence-corrected chi connectivity index (χ4v) is 1.50. The predicted octanol–water partition coefficient (Wildman–Crippen LogP) is 3.09. The van der Waals surface area contributed by atoms with Crippen LogP contribution < -0.4 is 0 Å². The second-order valence-electron chi connectivity index (χ2n) is 3.03.